The van der Waals surface area contributed by atoms with Crippen molar-refractivity contribution in [1.29, 1.82) is 0 Å². The maximum absolute atomic E-state index is 11.7. The monoisotopic (exact) mass is 346 g/mol. The van der Waals surface area contributed by atoms with Gasteiger partial charge in [0, 0.05) is 39.1 Å². The van der Waals surface area contributed by atoms with Crippen molar-refractivity contribution in [2.75, 3.05) is 33.3 Å². The lowest BCUT2D eigenvalue weighted by Crippen LogP contribution is -2.45. The van der Waals surface area contributed by atoms with Gasteiger partial charge in [-0.3, -0.25) is 9.79 Å². The summed E-state index contributed by atoms with van der Waals surface area (Å²) in [4.78, 5) is 17.9. The molecule has 1 atom stereocenters. The maximum atomic E-state index is 11.7. The Morgan fingerprint density at radius 1 is 1.32 bits per heavy atom. The molecule has 6 heteroatoms. The van der Waals surface area contributed by atoms with Gasteiger partial charge in [0.15, 0.2) is 5.96 Å². The summed E-state index contributed by atoms with van der Waals surface area (Å²) < 4.78 is 5.68. The van der Waals surface area contributed by atoms with E-state index in [-0.39, 0.29) is 11.9 Å². The minimum Gasteiger partial charge on any atom is -0.494 e. The van der Waals surface area contributed by atoms with Crippen molar-refractivity contribution in [3.8, 4) is 5.75 Å². The van der Waals surface area contributed by atoms with Gasteiger partial charge in [-0.15, -0.1) is 0 Å². The van der Waals surface area contributed by atoms with Crippen molar-refractivity contribution in [3.63, 3.8) is 0 Å². The van der Waals surface area contributed by atoms with Crippen LogP contribution in [0.5, 0.6) is 5.75 Å². The van der Waals surface area contributed by atoms with Gasteiger partial charge in [-0.1, -0.05) is 25.1 Å². The fraction of sp³-hybridized carbons (Fsp3) is 0.579. The SMILES string of the molecule is CCC(=O)N1CCC(NC(=NC)NCCCCOc2ccccc2)C1. The van der Waals surface area contributed by atoms with E-state index < -0.39 is 0 Å². The van der Waals surface area contributed by atoms with Gasteiger partial charge in [-0.2, -0.15) is 0 Å². The number of nitrogens with one attached hydrogen (secondary N) is 2. The van der Waals surface area contributed by atoms with Gasteiger partial charge in [0.05, 0.1) is 6.61 Å². The Hall–Kier alpha value is -2.24. The normalized spacial score (nSPS) is 17.4. The fourth-order valence-electron chi connectivity index (χ4n) is 2.86. The van der Waals surface area contributed by atoms with Crippen LogP contribution in [-0.2, 0) is 4.79 Å². The summed E-state index contributed by atoms with van der Waals surface area (Å²) in [6.45, 7) is 5.07. The van der Waals surface area contributed by atoms with E-state index in [1.807, 2.05) is 42.2 Å². The van der Waals surface area contributed by atoms with Crippen LogP contribution >= 0.6 is 0 Å². The molecule has 2 N–H and O–H groups in total. The fourth-order valence-corrected chi connectivity index (χ4v) is 2.86. The van der Waals surface area contributed by atoms with Gasteiger partial charge < -0.3 is 20.3 Å². The molecule has 25 heavy (non-hydrogen) atoms. The second-order valence-electron chi connectivity index (χ2n) is 6.19. The molecule has 1 aromatic carbocycles. The molecule has 0 spiro atoms. The molecule has 1 aromatic rings. The number of hydrogen-bond acceptors (Lipinski definition) is 3. The van der Waals surface area contributed by atoms with Gasteiger partial charge in [-0.05, 0) is 31.4 Å². The third-order valence-electron chi connectivity index (χ3n) is 4.28. The van der Waals surface area contributed by atoms with Crippen LogP contribution in [0.1, 0.15) is 32.6 Å². The Morgan fingerprint density at radius 3 is 2.84 bits per heavy atom. The van der Waals surface area contributed by atoms with Crippen LogP contribution in [-0.4, -0.2) is 56.1 Å². The number of ether oxygens (including phenoxy) is 1. The highest BCUT2D eigenvalue weighted by molar-refractivity contribution is 5.80. The van der Waals surface area contributed by atoms with Crippen LogP contribution in [0.2, 0.25) is 0 Å². The minimum atomic E-state index is 0.227. The summed E-state index contributed by atoms with van der Waals surface area (Å²) in [5, 5.41) is 6.74. The van der Waals surface area contributed by atoms with E-state index in [0.717, 1.165) is 50.6 Å². The first-order valence-corrected chi connectivity index (χ1v) is 9.15. The summed E-state index contributed by atoms with van der Waals surface area (Å²) in [6, 6.07) is 10.2. The third kappa shape index (κ3) is 6.64. The second kappa shape index (κ2) is 10.6. The summed E-state index contributed by atoms with van der Waals surface area (Å²) >= 11 is 0. The van der Waals surface area contributed by atoms with E-state index in [2.05, 4.69) is 15.6 Å². The summed E-state index contributed by atoms with van der Waals surface area (Å²) in [5.74, 6) is 1.95. The highest BCUT2D eigenvalue weighted by atomic mass is 16.5. The molecule has 0 saturated carbocycles. The smallest absolute Gasteiger partial charge is 0.222 e. The average molecular weight is 346 g/mol. The Kier molecular flexibility index (Phi) is 8.09. The number of aliphatic imine (C=N–C) groups is 1. The summed E-state index contributed by atoms with van der Waals surface area (Å²) in [5.41, 5.74) is 0. The molecular formula is C19H30N4O2. The average Bonchev–Trinajstić information content (AvgIpc) is 3.12. The number of hydrogen-bond donors (Lipinski definition) is 2. The molecule has 0 radical (unpaired) electrons. The lowest BCUT2D eigenvalue weighted by atomic mass is 10.3. The van der Waals surface area contributed by atoms with E-state index in [9.17, 15) is 4.79 Å². The molecule has 1 fully saturated rings. The molecule has 1 saturated heterocycles. The van der Waals surface area contributed by atoms with E-state index in [0.29, 0.717) is 13.0 Å². The number of rotatable bonds is 8. The van der Waals surface area contributed by atoms with Crippen LogP contribution < -0.4 is 15.4 Å². The Balaban J connectivity index is 1.57. The van der Waals surface area contributed by atoms with Crippen LogP contribution in [0, 0.1) is 0 Å². The number of likely N-dealkylation sites (tertiary alicyclic amines) is 1. The highest BCUT2D eigenvalue weighted by Gasteiger charge is 2.25. The number of para-hydroxylation sites is 1. The first kappa shape index (κ1) is 19.1. The number of benzene rings is 1. The van der Waals surface area contributed by atoms with Crippen molar-refractivity contribution in [2.24, 2.45) is 4.99 Å². The Morgan fingerprint density at radius 2 is 2.12 bits per heavy atom. The summed E-state index contributed by atoms with van der Waals surface area (Å²) in [6.07, 6.45) is 3.54. The van der Waals surface area contributed by atoms with Crippen LogP contribution in [0.25, 0.3) is 0 Å². The zero-order chi connectivity index (χ0) is 17.9. The lowest BCUT2D eigenvalue weighted by molar-refractivity contribution is -0.129. The summed E-state index contributed by atoms with van der Waals surface area (Å²) in [7, 11) is 1.78. The quantitative estimate of drug-likeness (QED) is 0.429. The number of carbonyl (C=O) groups excluding carboxylic acids is 1. The second-order valence-corrected chi connectivity index (χ2v) is 6.19. The molecule has 1 aliphatic rings. The van der Waals surface area contributed by atoms with Gasteiger partial charge >= 0.3 is 0 Å². The highest BCUT2D eigenvalue weighted by Crippen LogP contribution is 2.10. The number of carbonyl (C=O) groups is 1. The zero-order valence-electron chi connectivity index (χ0n) is 15.3. The molecule has 1 amide bonds. The first-order chi connectivity index (χ1) is 12.2. The third-order valence-corrected chi connectivity index (χ3v) is 4.28. The maximum Gasteiger partial charge on any atom is 0.222 e. The number of nitrogens with zero attached hydrogens (tertiary/aromatic N) is 2. The van der Waals surface area contributed by atoms with E-state index in [1.54, 1.807) is 7.05 Å². The minimum absolute atomic E-state index is 0.227. The van der Waals surface area contributed by atoms with Crippen molar-refractivity contribution in [3.05, 3.63) is 30.3 Å². The molecular weight excluding hydrogens is 316 g/mol. The van der Waals surface area contributed by atoms with Gasteiger partial charge in [0.1, 0.15) is 5.75 Å². The molecule has 1 heterocycles. The van der Waals surface area contributed by atoms with E-state index in [1.165, 1.54) is 0 Å². The molecule has 6 nitrogen and oxygen atoms in total. The number of guanidine groups is 1. The predicted octanol–water partition coefficient (Wildman–Crippen LogP) is 2.02. The van der Waals surface area contributed by atoms with Crippen molar-refractivity contribution >= 4 is 11.9 Å². The van der Waals surface area contributed by atoms with Crippen LogP contribution in [0.3, 0.4) is 0 Å². The standard InChI is InChI=1S/C19H30N4O2/c1-3-18(24)23-13-11-16(15-23)22-19(20-2)21-12-7-8-14-25-17-9-5-4-6-10-17/h4-6,9-10,16H,3,7-8,11-15H2,1-2H3,(H2,20,21,22). The molecule has 0 aliphatic carbocycles. The Bertz CT molecular complexity index is 548. The Labute approximate surface area is 150 Å². The largest absolute Gasteiger partial charge is 0.494 e. The van der Waals surface area contributed by atoms with Crippen LogP contribution in [0.4, 0.5) is 0 Å². The molecule has 138 valence electrons. The van der Waals surface area contributed by atoms with Crippen LogP contribution in [0.15, 0.2) is 35.3 Å². The van der Waals surface area contributed by atoms with Crippen molar-refractivity contribution < 1.29 is 9.53 Å². The lowest BCUT2D eigenvalue weighted by Gasteiger charge is -2.18. The zero-order valence-corrected chi connectivity index (χ0v) is 15.3. The topological polar surface area (TPSA) is 66.0 Å². The molecule has 0 bridgehead atoms. The molecule has 1 unspecified atom stereocenters. The van der Waals surface area contributed by atoms with Gasteiger partial charge in [0.2, 0.25) is 5.91 Å². The molecule has 2 rings (SSSR count). The molecule has 0 aromatic heterocycles. The van der Waals surface area contributed by atoms with Gasteiger partial charge in [-0.25, -0.2) is 0 Å². The molecule has 1 aliphatic heterocycles. The number of amides is 1. The predicted molar refractivity (Wildman–Crippen MR) is 101 cm³/mol. The van der Waals surface area contributed by atoms with E-state index >= 15 is 0 Å². The van der Waals surface area contributed by atoms with Crippen molar-refractivity contribution in [1.82, 2.24) is 15.5 Å². The first-order valence-electron chi connectivity index (χ1n) is 9.15. The van der Waals surface area contributed by atoms with E-state index in [4.69, 9.17) is 4.74 Å². The van der Waals surface area contributed by atoms with Gasteiger partial charge in [0.25, 0.3) is 0 Å². The van der Waals surface area contributed by atoms with Crippen molar-refractivity contribution in [2.45, 2.75) is 38.6 Å². The number of unbranched alkanes of at least 4 members (excludes halogenated alkanes) is 1.